The van der Waals surface area contributed by atoms with Crippen LogP contribution in [0.4, 0.5) is 14.5 Å². The molecule has 0 bridgehead atoms. The zero-order valence-electron chi connectivity index (χ0n) is 9.92. The maximum atomic E-state index is 11.9. The quantitative estimate of drug-likeness (QED) is 0.349. The number of hydrogen-bond donors (Lipinski definition) is 0. The molecule has 0 saturated heterocycles. The van der Waals surface area contributed by atoms with Gasteiger partial charge in [-0.15, -0.1) is 0 Å². The summed E-state index contributed by atoms with van der Waals surface area (Å²) >= 11 is 5.60. The number of alkyl halides is 3. The van der Waals surface area contributed by atoms with Gasteiger partial charge in [-0.1, -0.05) is 11.6 Å². The van der Waals surface area contributed by atoms with E-state index in [1.807, 2.05) is 0 Å². The third kappa shape index (κ3) is 5.60. The number of rotatable bonds is 6. The Labute approximate surface area is 113 Å². The molecule has 1 unspecified atom stereocenters. The number of azo groups is 1. The van der Waals surface area contributed by atoms with Crippen molar-refractivity contribution in [1.82, 2.24) is 0 Å². The van der Waals surface area contributed by atoms with E-state index < -0.39 is 18.1 Å². The zero-order chi connectivity index (χ0) is 14.3. The maximum absolute atomic E-state index is 11.9. The average Bonchev–Trinajstić information content (AvgIpc) is 2.37. The SMILES string of the molecule is CCOC(=O)C(Cl)N=Nc1ccc(OC(F)F)cc1. The summed E-state index contributed by atoms with van der Waals surface area (Å²) in [4.78, 5) is 11.1. The van der Waals surface area contributed by atoms with E-state index in [0.29, 0.717) is 5.69 Å². The molecule has 0 spiro atoms. The highest BCUT2D eigenvalue weighted by Crippen LogP contribution is 2.20. The fourth-order valence-electron chi connectivity index (χ4n) is 1.07. The second-order valence-corrected chi connectivity index (χ2v) is 3.59. The zero-order valence-corrected chi connectivity index (χ0v) is 10.7. The van der Waals surface area contributed by atoms with Gasteiger partial charge in [-0.05, 0) is 31.2 Å². The van der Waals surface area contributed by atoms with E-state index in [0.717, 1.165) is 0 Å². The number of carbonyl (C=O) groups excluding carboxylic acids is 1. The second kappa shape index (κ2) is 7.63. The molecule has 1 aromatic rings. The van der Waals surface area contributed by atoms with Crippen LogP contribution in [-0.2, 0) is 9.53 Å². The lowest BCUT2D eigenvalue weighted by Gasteiger charge is -2.04. The molecule has 1 rings (SSSR count). The van der Waals surface area contributed by atoms with Crippen LogP contribution in [0, 0.1) is 0 Å². The Hall–Kier alpha value is -1.76. The smallest absolute Gasteiger partial charge is 0.387 e. The van der Waals surface area contributed by atoms with Crippen LogP contribution in [0.3, 0.4) is 0 Å². The normalized spacial score (nSPS) is 12.7. The van der Waals surface area contributed by atoms with E-state index in [4.69, 9.17) is 11.6 Å². The first kappa shape index (κ1) is 15.3. The van der Waals surface area contributed by atoms with Gasteiger partial charge < -0.3 is 9.47 Å². The van der Waals surface area contributed by atoms with E-state index in [1.54, 1.807) is 6.92 Å². The Bertz CT molecular complexity index is 440. The van der Waals surface area contributed by atoms with Crippen LogP contribution in [0.1, 0.15) is 6.92 Å². The van der Waals surface area contributed by atoms with E-state index in [9.17, 15) is 13.6 Å². The van der Waals surface area contributed by atoms with Crippen molar-refractivity contribution in [3.8, 4) is 5.75 Å². The molecule has 0 aliphatic rings. The number of hydrogen-bond acceptors (Lipinski definition) is 5. The van der Waals surface area contributed by atoms with Gasteiger partial charge in [0.1, 0.15) is 5.75 Å². The number of halogens is 3. The van der Waals surface area contributed by atoms with Crippen LogP contribution in [0.25, 0.3) is 0 Å². The van der Waals surface area contributed by atoms with Gasteiger partial charge in [-0.3, -0.25) is 0 Å². The topological polar surface area (TPSA) is 60.2 Å². The number of benzene rings is 1. The van der Waals surface area contributed by atoms with E-state index >= 15 is 0 Å². The molecule has 8 heteroatoms. The summed E-state index contributed by atoms with van der Waals surface area (Å²) in [5.41, 5.74) is -0.895. The number of ether oxygens (including phenoxy) is 2. The Kier molecular flexibility index (Phi) is 6.14. The summed E-state index contributed by atoms with van der Waals surface area (Å²) in [7, 11) is 0. The first-order chi connectivity index (χ1) is 9.02. The largest absolute Gasteiger partial charge is 0.463 e. The van der Waals surface area contributed by atoms with Crippen LogP contribution in [-0.4, -0.2) is 24.7 Å². The Morgan fingerprint density at radius 1 is 1.37 bits per heavy atom. The van der Waals surface area contributed by atoms with Crippen molar-refractivity contribution in [2.75, 3.05) is 6.61 Å². The highest BCUT2D eigenvalue weighted by molar-refractivity contribution is 6.29. The summed E-state index contributed by atoms with van der Waals surface area (Å²) in [6.45, 7) is -1.05. The van der Waals surface area contributed by atoms with Crippen molar-refractivity contribution < 1.29 is 23.0 Å². The van der Waals surface area contributed by atoms with Crippen molar-refractivity contribution >= 4 is 23.3 Å². The van der Waals surface area contributed by atoms with Gasteiger partial charge in [0.15, 0.2) is 0 Å². The molecule has 104 valence electrons. The standard InChI is InChI=1S/C11H11ClF2N2O3/c1-2-18-10(17)9(12)16-15-7-3-5-8(6-4-7)19-11(13)14/h3-6,9,11H,2H2,1H3. The molecule has 0 aliphatic carbocycles. The molecular formula is C11H11ClF2N2O3. The summed E-state index contributed by atoms with van der Waals surface area (Å²) in [6.07, 6.45) is 0. The van der Waals surface area contributed by atoms with E-state index in [1.165, 1.54) is 24.3 Å². The first-order valence-electron chi connectivity index (χ1n) is 5.29. The van der Waals surface area contributed by atoms with E-state index in [2.05, 4.69) is 19.7 Å². The van der Waals surface area contributed by atoms with Crippen molar-refractivity contribution in [2.24, 2.45) is 10.2 Å². The summed E-state index contributed by atoms with van der Waals surface area (Å²) in [5.74, 6) is -0.702. The highest BCUT2D eigenvalue weighted by atomic mass is 35.5. The van der Waals surface area contributed by atoms with Gasteiger partial charge in [0, 0.05) is 0 Å². The summed E-state index contributed by atoms with van der Waals surface area (Å²) in [5, 5.41) is 7.21. The van der Waals surface area contributed by atoms with Gasteiger partial charge in [0.2, 0.25) is 5.50 Å². The molecule has 5 nitrogen and oxygen atoms in total. The van der Waals surface area contributed by atoms with Crippen molar-refractivity contribution in [2.45, 2.75) is 19.0 Å². The molecule has 0 amide bonds. The minimum Gasteiger partial charge on any atom is -0.463 e. The molecular weight excluding hydrogens is 282 g/mol. The van der Waals surface area contributed by atoms with Gasteiger partial charge in [-0.25, -0.2) is 4.79 Å². The lowest BCUT2D eigenvalue weighted by Crippen LogP contribution is -2.14. The molecule has 1 aromatic carbocycles. The predicted molar refractivity (Wildman–Crippen MR) is 63.9 cm³/mol. The highest BCUT2D eigenvalue weighted by Gasteiger charge is 2.14. The average molecular weight is 293 g/mol. The second-order valence-electron chi connectivity index (χ2n) is 3.18. The van der Waals surface area contributed by atoms with Crippen molar-refractivity contribution in [3.05, 3.63) is 24.3 Å². The van der Waals surface area contributed by atoms with Gasteiger partial charge in [0.05, 0.1) is 12.3 Å². The molecule has 0 fully saturated rings. The molecule has 0 radical (unpaired) electrons. The number of esters is 1. The molecule has 0 aliphatic heterocycles. The van der Waals surface area contributed by atoms with Crippen molar-refractivity contribution in [3.63, 3.8) is 0 Å². The van der Waals surface area contributed by atoms with Gasteiger partial charge in [-0.2, -0.15) is 19.0 Å². The van der Waals surface area contributed by atoms with Gasteiger partial charge >= 0.3 is 12.6 Å². The molecule has 0 heterocycles. The number of nitrogens with zero attached hydrogens (tertiary/aromatic N) is 2. The minimum absolute atomic E-state index is 0.00164. The Morgan fingerprint density at radius 2 is 2.00 bits per heavy atom. The van der Waals surface area contributed by atoms with E-state index in [-0.39, 0.29) is 12.4 Å². The fourth-order valence-corrected chi connectivity index (χ4v) is 1.18. The Balaban J connectivity index is 2.59. The van der Waals surface area contributed by atoms with Crippen LogP contribution in [0.15, 0.2) is 34.5 Å². The third-order valence-electron chi connectivity index (χ3n) is 1.82. The Morgan fingerprint density at radius 3 is 2.53 bits per heavy atom. The van der Waals surface area contributed by atoms with Crippen molar-refractivity contribution in [1.29, 1.82) is 0 Å². The third-order valence-corrected chi connectivity index (χ3v) is 2.08. The molecule has 0 aromatic heterocycles. The van der Waals surface area contributed by atoms with Gasteiger partial charge in [0.25, 0.3) is 0 Å². The molecule has 1 atom stereocenters. The maximum Gasteiger partial charge on any atom is 0.387 e. The molecule has 19 heavy (non-hydrogen) atoms. The lowest BCUT2D eigenvalue weighted by atomic mass is 10.3. The van der Waals surface area contributed by atoms with Crippen LogP contribution >= 0.6 is 11.6 Å². The van der Waals surface area contributed by atoms with Crippen LogP contribution < -0.4 is 4.74 Å². The summed E-state index contributed by atoms with van der Waals surface area (Å²) < 4.78 is 32.6. The lowest BCUT2D eigenvalue weighted by molar-refractivity contribution is -0.142. The number of carbonyl (C=O) groups is 1. The molecule has 0 saturated carbocycles. The minimum atomic E-state index is -2.89. The fraction of sp³-hybridized carbons (Fsp3) is 0.364. The van der Waals surface area contributed by atoms with Crippen LogP contribution in [0.2, 0.25) is 0 Å². The summed E-state index contributed by atoms with van der Waals surface area (Å²) in [6, 6.07) is 5.40. The predicted octanol–water partition coefficient (Wildman–Crippen LogP) is 3.50. The molecule has 0 N–H and O–H groups in total. The monoisotopic (exact) mass is 292 g/mol. The first-order valence-corrected chi connectivity index (χ1v) is 5.73. The van der Waals surface area contributed by atoms with Crippen LogP contribution in [0.5, 0.6) is 5.75 Å².